The normalized spacial score (nSPS) is 12.1. The van der Waals surface area contributed by atoms with E-state index in [1.807, 2.05) is 6.07 Å². The topological polar surface area (TPSA) is 26.0 Å². The molecular weight excluding hydrogens is 285 g/mol. The zero-order valence-corrected chi connectivity index (χ0v) is 10.2. The number of halogens is 1. The van der Waals surface area contributed by atoms with E-state index < -0.39 is 0 Å². The van der Waals surface area contributed by atoms with Gasteiger partial charge in [-0.3, -0.25) is 0 Å². The minimum Gasteiger partial charge on any atom is -0.324 e. The maximum atomic E-state index is 6.03. The smallest absolute Gasteiger partial charge is 0.0295 e. The molecule has 0 aliphatic carbocycles. The molecule has 0 saturated heterocycles. The quantitative estimate of drug-likeness (QED) is 0.516. The van der Waals surface area contributed by atoms with Gasteiger partial charge in [-0.1, -0.05) is 12.1 Å². The van der Waals surface area contributed by atoms with E-state index in [1.54, 1.807) is 0 Å². The first-order chi connectivity index (χ1) is 6.74. The van der Waals surface area contributed by atoms with Crippen LogP contribution in [0.15, 0.2) is 24.3 Å². The van der Waals surface area contributed by atoms with E-state index in [0.717, 1.165) is 19.3 Å². The van der Waals surface area contributed by atoms with Gasteiger partial charge >= 0.3 is 0 Å². The Labute approximate surface area is 99.2 Å². The predicted octanol–water partition coefficient (Wildman–Crippen LogP) is 3.09. The molecule has 1 unspecified atom stereocenters. The van der Waals surface area contributed by atoms with Gasteiger partial charge in [0.15, 0.2) is 0 Å². The van der Waals surface area contributed by atoms with Crippen LogP contribution in [0, 0.1) is 15.9 Å². The number of unbranched alkanes of at least 4 members (excludes halogenated alkanes) is 1. The second kappa shape index (κ2) is 6.05. The standard InChI is InChI=1S/C12H14IN/c1-2-3-4-8-12(14)10-6-5-7-11(13)9-10/h1,5-7,9,12H,3-4,8,14H2. The van der Waals surface area contributed by atoms with Gasteiger partial charge in [-0.2, -0.15) is 0 Å². The maximum Gasteiger partial charge on any atom is 0.0295 e. The first-order valence-electron chi connectivity index (χ1n) is 4.68. The van der Waals surface area contributed by atoms with Crippen molar-refractivity contribution >= 4 is 22.6 Å². The molecule has 0 bridgehead atoms. The minimum atomic E-state index is 0.123. The van der Waals surface area contributed by atoms with E-state index in [-0.39, 0.29) is 6.04 Å². The number of hydrogen-bond donors (Lipinski definition) is 1. The van der Waals surface area contributed by atoms with Gasteiger partial charge < -0.3 is 5.73 Å². The number of rotatable bonds is 4. The second-order valence-corrected chi connectivity index (χ2v) is 4.50. The largest absolute Gasteiger partial charge is 0.324 e. The zero-order valence-electron chi connectivity index (χ0n) is 8.04. The van der Waals surface area contributed by atoms with Crippen LogP contribution in [-0.4, -0.2) is 0 Å². The molecule has 2 N–H and O–H groups in total. The molecule has 1 atom stereocenters. The summed E-state index contributed by atoms with van der Waals surface area (Å²) >= 11 is 2.30. The van der Waals surface area contributed by atoms with E-state index in [4.69, 9.17) is 12.2 Å². The fraction of sp³-hybridized carbons (Fsp3) is 0.333. The van der Waals surface area contributed by atoms with E-state index in [2.05, 4.69) is 46.7 Å². The highest BCUT2D eigenvalue weighted by Crippen LogP contribution is 2.18. The molecule has 1 nitrogen and oxygen atoms in total. The van der Waals surface area contributed by atoms with E-state index >= 15 is 0 Å². The summed E-state index contributed by atoms with van der Waals surface area (Å²) in [5, 5.41) is 0. The first-order valence-corrected chi connectivity index (χ1v) is 5.76. The summed E-state index contributed by atoms with van der Waals surface area (Å²) in [5.41, 5.74) is 7.24. The number of benzene rings is 1. The van der Waals surface area contributed by atoms with Crippen molar-refractivity contribution in [3.05, 3.63) is 33.4 Å². The van der Waals surface area contributed by atoms with Crippen molar-refractivity contribution in [3.63, 3.8) is 0 Å². The Balaban J connectivity index is 2.52. The molecule has 0 radical (unpaired) electrons. The van der Waals surface area contributed by atoms with Crippen LogP contribution in [0.1, 0.15) is 30.9 Å². The number of terminal acetylenes is 1. The molecule has 1 aromatic carbocycles. The highest BCUT2D eigenvalue weighted by atomic mass is 127. The predicted molar refractivity (Wildman–Crippen MR) is 68.8 cm³/mol. The average Bonchev–Trinajstić information content (AvgIpc) is 2.18. The SMILES string of the molecule is C#CCCCC(N)c1cccc(I)c1. The van der Waals surface area contributed by atoms with Crippen molar-refractivity contribution in [1.29, 1.82) is 0 Å². The third kappa shape index (κ3) is 3.69. The van der Waals surface area contributed by atoms with Gasteiger partial charge in [0.1, 0.15) is 0 Å². The van der Waals surface area contributed by atoms with E-state index in [0.29, 0.717) is 0 Å². The Kier molecular flexibility index (Phi) is 4.99. The molecule has 0 aliphatic heterocycles. The lowest BCUT2D eigenvalue weighted by Crippen LogP contribution is -2.09. The summed E-state index contributed by atoms with van der Waals surface area (Å²) in [6.07, 6.45) is 7.97. The third-order valence-corrected chi connectivity index (χ3v) is 2.78. The van der Waals surface area contributed by atoms with Crippen LogP contribution in [0.5, 0.6) is 0 Å². The van der Waals surface area contributed by atoms with Gasteiger partial charge in [-0.15, -0.1) is 12.3 Å². The van der Waals surface area contributed by atoms with Gasteiger partial charge in [0.05, 0.1) is 0 Å². The maximum absolute atomic E-state index is 6.03. The molecule has 14 heavy (non-hydrogen) atoms. The van der Waals surface area contributed by atoms with E-state index in [1.165, 1.54) is 9.13 Å². The lowest BCUT2D eigenvalue weighted by Gasteiger charge is -2.11. The molecule has 0 amide bonds. The first kappa shape index (κ1) is 11.5. The third-order valence-electron chi connectivity index (χ3n) is 2.11. The van der Waals surface area contributed by atoms with Crippen LogP contribution in [0.4, 0.5) is 0 Å². The molecular formula is C12H14IN. The van der Waals surface area contributed by atoms with Crippen LogP contribution in [0.2, 0.25) is 0 Å². The van der Waals surface area contributed by atoms with Crippen LogP contribution in [0.3, 0.4) is 0 Å². The molecule has 0 aliphatic rings. The van der Waals surface area contributed by atoms with Crippen LogP contribution >= 0.6 is 22.6 Å². The summed E-state index contributed by atoms with van der Waals surface area (Å²) in [5.74, 6) is 2.63. The summed E-state index contributed by atoms with van der Waals surface area (Å²) < 4.78 is 1.23. The Morgan fingerprint density at radius 1 is 1.50 bits per heavy atom. The van der Waals surface area contributed by atoms with Crippen LogP contribution in [0.25, 0.3) is 0 Å². The zero-order chi connectivity index (χ0) is 10.4. The van der Waals surface area contributed by atoms with Crippen molar-refractivity contribution in [2.75, 3.05) is 0 Å². The molecule has 0 spiro atoms. The lowest BCUT2D eigenvalue weighted by molar-refractivity contribution is 0.621. The summed E-state index contributed by atoms with van der Waals surface area (Å²) in [7, 11) is 0. The van der Waals surface area contributed by atoms with Crippen LogP contribution < -0.4 is 5.73 Å². The monoisotopic (exact) mass is 299 g/mol. The van der Waals surface area contributed by atoms with Gasteiger partial charge in [-0.05, 0) is 53.1 Å². The Morgan fingerprint density at radius 2 is 2.29 bits per heavy atom. The van der Waals surface area contributed by atoms with Gasteiger partial charge in [-0.25, -0.2) is 0 Å². The highest BCUT2D eigenvalue weighted by molar-refractivity contribution is 14.1. The summed E-state index contributed by atoms with van der Waals surface area (Å²) in [6, 6.07) is 8.43. The molecule has 0 saturated carbocycles. The molecule has 0 heterocycles. The molecule has 74 valence electrons. The van der Waals surface area contributed by atoms with Crippen molar-refractivity contribution in [2.24, 2.45) is 5.73 Å². The molecule has 2 heteroatoms. The van der Waals surface area contributed by atoms with Crippen molar-refractivity contribution in [2.45, 2.75) is 25.3 Å². The Morgan fingerprint density at radius 3 is 2.93 bits per heavy atom. The van der Waals surface area contributed by atoms with Crippen molar-refractivity contribution < 1.29 is 0 Å². The minimum absolute atomic E-state index is 0.123. The van der Waals surface area contributed by atoms with Gasteiger partial charge in [0.2, 0.25) is 0 Å². The lowest BCUT2D eigenvalue weighted by atomic mass is 10.0. The second-order valence-electron chi connectivity index (χ2n) is 3.26. The van der Waals surface area contributed by atoms with Crippen molar-refractivity contribution in [1.82, 2.24) is 0 Å². The van der Waals surface area contributed by atoms with Crippen LogP contribution in [-0.2, 0) is 0 Å². The number of nitrogens with two attached hydrogens (primary N) is 1. The Bertz CT molecular complexity index is 327. The van der Waals surface area contributed by atoms with Crippen molar-refractivity contribution in [3.8, 4) is 12.3 Å². The fourth-order valence-corrected chi connectivity index (χ4v) is 1.90. The summed E-state index contributed by atoms with van der Waals surface area (Å²) in [4.78, 5) is 0. The average molecular weight is 299 g/mol. The molecule has 1 rings (SSSR count). The molecule has 0 fully saturated rings. The highest BCUT2D eigenvalue weighted by Gasteiger charge is 2.04. The van der Waals surface area contributed by atoms with Gasteiger partial charge in [0, 0.05) is 16.0 Å². The van der Waals surface area contributed by atoms with Gasteiger partial charge in [0.25, 0.3) is 0 Å². The van der Waals surface area contributed by atoms with E-state index in [9.17, 15) is 0 Å². The fourth-order valence-electron chi connectivity index (χ4n) is 1.33. The Hall–Kier alpha value is -0.530. The molecule has 0 aromatic heterocycles. The number of hydrogen-bond acceptors (Lipinski definition) is 1. The molecule has 1 aromatic rings. The summed E-state index contributed by atoms with van der Waals surface area (Å²) in [6.45, 7) is 0.